The molecule has 0 aliphatic heterocycles. The highest BCUT2D eigenvalue weighted by molar-refractivity contribution is 9.10. The van der Waals surface area contributed by atoms with Gasteiger partial charge >= 0.3 is 0 Å². The van der Waals surface area contributed by atoms with Crippen molar-refractivity contribution in [2.24, 2.45) is 10.9 Å². The van der Waals surface area contributed by atoms with Crippen LogP contribution in [-0.2, 0) is 4.79 Å². The predicted molar refractivity (Wildman–Crippen MR) is 74.8 cm³/mol. The molecule has 0 radical (unpaired) electrons. The minimum absolute atomic E-state index is 0.0194. The molecule has 98 valence electrons. The summed E-state index contributed by atoms with van der Waals surface area (Å²) in [6, 6.07) is 5.07. The van der Waals surface area contributed by atoms with Crippen LogP contribution in [0, 0.1) is 0 Å². The Bertz CT molecular complexity index is 461. The monoisotopic (exact) mass is 313 g/mol. The van der Waals surface area contributed by atoms with Gasteiger partial charge in [0.25, 0.3) is 0 Å². The molecule has 0 aromatic heterocycles. The van der Waals surface area contributed by atoms with Crippen LogP contribution in [0.5, 0.6) is 0 Å². The Morgan fingerprint density at radius 2 is 2.28 bits per heavy atom. The quantitative estimate of drug-likeness (QED) is 0.338. The lowest BCUT2D eigenvalue weighted by atomic mass is 10.2. The largest absolute Gasteiger partial charge is 0.409 e. The van der Waals surface area contributed by atoms with E-state index < -0.39 is 0 Å². The minimum atomic E-state index is -0.0194. The normalized spacial score (nSPS) is 11.3. The number of halogens is 1. The molecule has 4 N–H and O–H groups in total. The highest BCUT2D eigenvalue weighted by Crippen LogP contribution is 2.23. The van der Waals surface area contributed by atoms with Gasteiger partial charge in [0.2, 0.25) is 5.91 Å². The summed E-state index contributed by atoms with van der Waals surface area (Å²) in [5, 5.41) is 14.3. The van der Waals surface area contributed by atoms with E-state index in [0.717, 1.165) is 12.8 Å². The van der Waals surface area contributed by atoms with Gasteiger partial charge in [-0.3, -0.25) is 4.79 Å². The van der Waals surface area contributed by atoms with Crippen LogP contribution in [0.4, 0.5) is 5.69 Å². The van der Waals surface area contributed by atoms with E-state index in [9.17, 15) is 4.79 Å². The molecule has 0 bridgehead atoms. The van der Waals surface area contributed by atoms with Crippen molar-refractivity contribution in [3.8, 4) is 0 Å². The second-order valence-electron chi connectivity index (χ2n) is 3.83. The van der Waals surface area contributed by atoms with Crippen molar-refractivity contribution in [3.05, 3.63) is 28.2 Å². The summed E-state index contributed by atoms with van der Waals surface area (Å²) in [5.41, 5.74) is 6.72. The zero-order chi connectivity index (χ0) is 13.5. The van der Waals surface area contributed by atoms with E-state index in [-0.39, 0.29) is 11.7 Å². The van der Waals surface area contributed by atoms with Crippen molar-refractivity contribution in [3.63, 3.8) is 0 Å². The Balaban J connectivity index is 2.77. The van der Waals surface area contributed by atoms with Crippen LogP contribution in [0.15, 0.2) is 27.8 Å². The van der Waals surface area contributed by atoms with Gasteiger partial charge in [-0.25, -0.2) is 0 Å². The van der Waals surface area contributed by atoms with Gasteiger partial charge in [0.15, 0.2) is 5.84 Å². The summed E-state index contributed by atoms with van der Waals surface area (Å²) in [6.07, 6.45) is 2.35. The molecule has 18 heavy (non-hydrogen) atoms. The first-order valence-corrected chi connectivity index (χ1v) is 6.45. The predicted octanol–water partition coefficient (Wildman–Crippen LogP) is 2.67. The minimum Gasteiger partial charge on any atom is -0.409 e. The molecule has 1 aromatic carbocycles. The molecule has 0 saturated carbocycles. The molecule has 0 atom stereocenters. The molecule has 0 saturated heterocycles. The van der Waals surface area contributed by atoms with Crippen LogP contribution < -0.4 is 11.1 Å². The number of anilines is 1. The molecule has 5 nitrogen and oxygen atoms in total. The van der Waals surface area contributed by atoms with Crippen molar-refractivity contribution < 1.29 is 10.0 Å². The number of benzene rings is 1. The summed E-state index contributed by atoms with van der Waals surface area (Å²) in [4.78, 5) is 11.6. The van der Waals surface area contributed by atoms with Gasteiger partial charge < -0.3 is 16.3 Å². The van der Waals surface area contributed by atoms with E-state index in [2.05, 4.69) is 26.4 Å². The average Bonchev–Trinajstić information content (AvgIpc) is 2.37. The summed E-state index contributed by atoms with van der Waals surface area (Å²) in [6.45, 7) is 2.04. The Labute approximate surface area is 114 Å². The van der Waals surface area contributed by atoms with Crippen LogP contribution in [-0.4, -0.2) is 17.0 Å². The third kappa shape index (κ3) is 4.03. The number of amidine groups is 1. The number of nitrogens with one attached hydrogen (secondary N) is 1. The molecule has 0 unspecified atom stereocenters. The molecule has 6 heteroatoms. The van der Waals surface area contributed by atoms with E-state index in [0.29, 0.717) is 22.1 Å². The molecule has 0 spiro atoms. The number of hydrogen-bond acceptors (Lipinski definition) is 3. The van der Waals surface area contributed by atoms with Gasteiger partial charge in [-0.15, -0.1) is 0 Å². The maximum Gasteiger partial charge on any atom is 0.224 e. The van der Waals surface area contributed by atoms with Crippen LogP contribution in [0.3, 0.4) is 0 Å². The molecular weight excluding hydrogens is 298 g/mol. The van der Waals surface area contributed by atoms with Crippen molar-refractivity contribution >= 4 is 33.4 Å². The number of unbranched alkanes of at least 4 members (excludes halogenated alkanes) is 1. The molecule has 1 aromatic rings. The van der Waals surface area contributed by atoms with Crippen LogP contribution in [0.25, 0.3) is 0 Å². The Morgan fingerprint density at radius 3 is 2.83 bits per heavy atom. The van der Waals surface area contributed by atoms with Gasteiger partial charge in [-0.2, -0.15) is 0 Å². The summed E-state index contributed by atoms with van der Waals surface area (Å²) in [5.74, 6) is 0.00802. The second-order valence-corrected chi connectivity index (χ2v) is 4.69. The van der Waals surface area contributed by atoms with Crippen molar-refractivity contribution in [2.45, 2.75) is 26.2 Å². The first kappa shape index (κ1) is 14.5. The number of carbonyl (C=O) groups is 1. The maximum atomic E-state index is 11.6. The van der Waals surface area contributed by atoms with Crippen molar-refractivity contribution in [2.75, 3.05) is 5.32 Å². The zero-order valence-corrected chi connectivity index (χ0v) is 11.7. The summed E-state index contributed by atoms with van der Waals surface area (Å²) < 4.78 is 0.691. The SMILES string of the molecule is CCCCC(=O)Nc1ccc(/C(N)=N/O)cc1Br. The van der Waals surface area contributed by atoms with Gasteiger partial charge in [0.1, 0.15) is 0 Å². The lowest BCUT2D eigenvalue weighted by Crippen LogP contribution is -2.14. The van der Waals surface area contributed by atoms with E-state index in [4.69, 9.17) is 10.9 Å². The first-order valence-electron chi connectivity index (χ1n) is 5.65. The molecule has 0 aliphatic carbocycles. The first-order chi connectivity index (χ1) is 8.58. The highest BCUT2D eigenvalue weighted by Gasteiger charge is 2.07. The Kier molecular flexibility index (Phi) is 5.64. The number of nitrogens with zero attached hydrogens (tertiary/aromatic N) is 1. The summed E-state index contributed by atoms with van der Waals surface area (Å²) >= 11 is 3.33. The van der Waals surface area contributed by atoms with Gasteiger partial charge in [-0.05, 0) is 40.5 Å². The molecule has 0 aliphatic rings. The molecular formula is C12H16BrN3O2. The van der Waals surface area contributed by atoms with Gasteiger partial charge in [-0.1, -0.05) is 18.5 Å². The van der Waals surface area contributed by atoms with Crippen molar-refractivity contribution in [1.82, 2.24) is 0 Å². The fraction of sp³-hybridized carbons (Fsp3) is 0.333. The summed E-state index contributed by atoms with van der Waals surface area (Å²) in [7, 11) is 0. The maximum absolute atomic E-state index is 11.6. The lowest BCUT2D eigenvalue weighted by Gasteiger charge is -2.08. The van der Waals surface area contributed by atoms with E-state index in [1.54, 1.807) is 18.2 Å². The number of hydrogen-bond donors (Lipinski definition) is 3. The zero-order valence-electron chi connectivity index (χ0n) is 10.1. The number of rotatable bonds is 5. The number of nitrogens with two attached hydrogens (primary N) is 1. The van der Waals surface area contributed by atoms with E-state index in [1.807, 2.05) is 6.92 Å². The number of carbonyl (C=O) groups excluding carboxylic acids is 1. The van der Waals surface area contributed by atoms with Gasteiger partial charge in [0, 0.05) is 16.5 Å². The lowest BCUT2D eigenvalue weighted by molar-refractivity contribution is -0.116. The number of oxime groups is 1. The third-order valence-corrected chi connectivity index (χ3v) is 3.06. The molecule has 0 heterocycles. The Morgan fingerprint density at radius 1 is 1.56 bits per heavy atom. The number of amides is 1. The highest BCUT2D eigenvalue weighted by atomic mass is 79.9. The van der Waals surface area contributed by atoms with Crippen LogP contribution in [0.2, 0.25) is 0 Å². The average molecular weight is 314 g/mol. The van der Waals surface area contributed by atoms with E-state index >= 15 is 0 Å². The smallest absolute Gasteiger partial charge is 0.224 e. The van der Waals surface area contributed by atoms with Crippen LogP contribution >= 0.6 is 15.9 Å². The van der Waals surface area contributed by atoms with Crippen molar-refractivity contribution in [1.29, 1.82) is 0 Å². The topological polar surface area (TPSA) is 87.7 Å². The second kappa shape index (κ2) is 7.00. The Hall–Kier alpha value is -1.56. The van der Waals surface area contributed by atoms with E-state index in [1.165, 1.54) is 0 Å². The standard InChI is InChI=1S/C12H16BrN3O2/c1-2-3-4-11(17)15-10-6-5-8(7-9(10)13)12(14)16-18/h5-7,18H,2-4H2,1H3,(H2,14,16)(H,15,17). The third-order valence-electron chi connectivity index (χ3n) is 2.40. The molecule has 1 rings (SSSR count). The fourth-order valence-corrected chi connectivity index (χ4v) is 1.86. The molecule has 1 amide bonds. The fourth-order valence-electron chi connectivity index (χ4n) is 1.38. The van der Waals surface area contributed by atoms with Gasteiger partial charge in [0.05, 0.1) is 5.69 Å². The van der Waals surface area contributed by atoms with Crippen LogP contribution in [0.1, 0.15) is 31.7 Å². The molecule has 0 fully saturated rings.